The lowest BCUT2D eigenvalue weighted by Crippen LogP contribution is -1.98. The van der Waals surface area contributed by atoms with Crippen molar-refractivity contribution in [2.45, 2.75) is 0 Å². The van der Waals surface area contributed by atoms with Gasteiger partial charge in [0.15, 0.2) is 0 Å². The topological polar surface area (TPSA) is 9.86 Å². The smallest absolute Gasteiger partial charge is 0.0548 e. The van der Waals surface area contributed by atoms with E-state index in [0.717, 1.165) is 22.5 Å². The van der Waals surface area contributed by atoms with E-state index < -0.39 is 0 Å². The zero-order valence-electron chi connectivity index (χ0n) is 27.5. The van der Waals surface area contributed by atoms with Gasteiger partial charge in [0.2, 0.25) is 0 Å². The van der Waals surface area contributed by atoms with E-state index in [4.69, 9.17) is 0 Å². The Morgan fingerprint density at radius 1 is 0.360 bits per heavy atom. The van der Waals surface area contributed by atoms with Crippen molar-refractivity contribution in [3.63, 3.8) is 0 Å². The molecule has 8 aromatic carbocycles. The first-order valence-corrected chi connectivity index (χ1v) is 17.1. The number of rotatable bonds is 5. The Hall–Kier alpha value is -6.64. The number of nitrogens with zero attached hydrogens (tertiary/aromatic N) is 2. The highest BCUT2D eigenvalue weighted by Gasteiger charge is 2.22. The lowest BCUT2D eigenvalue weighted by Gasteiger charge is -2.19. The largest absolute Gasteiger partial charge is 0.309 e. The first-order chi connectivity index (χ1) is 24.8. The molecule has 0 atom stereocenters. The minimum atomic E-state index is 1.11. The Kier molecular flexibility index (Phi) is 6.21. The van der Waals surface area contributed by atoms with Crippen molar-refractivity contribution < 1.29 is 0 Å². The van der Waals surface area contributed by atoms with Crippen molar-refractivity contribution in [2.24, 2.45) is 0 Å². The van der Waals surface area contributed by atoms with E-state index in [0.29, 0.717) is 0 Å². The highest BCUT2D eigenvalue weighted by molar-refractivity contribution is 6.29. The molecule has 10 rings (SSSR count). The van der Waals surface area contributed by atoms with Gasteiger partial charge in [-0.2, -0.15) is 0 Å². The Balaban J connectivity index is 1.40. The number of benzene rings is 8. The van der Waals surface area contributed by atoms with Crippen LogP contribution in [0.5, 0.6) is 0 Å². The number of hydrogen-bond acceptors (Lipinski definition) is 0. The van der Waals surface area contributed by atoms with Crippen LogP contribution in [0.15, 0.2) is 171 Å². The summed E-state index contributed by atoms with van der Waals surface area (Å²) in [7, 11) is 0. The third-order valence-electron chi connectivity index (χ3n) is 10.4. The van der Waals surface area contributed by atoms with Gasteiger partial charge in [0.1, 0.15) is 0 Å². The summed E-state index contributed by atoms with van der Waals surface area (Å²) in [5.74, 6) is 0. The fourth-order valence-corrected chi connectivity index (χ4v) is 8.42. The van der Waals surface area contributed by atoms with E-state index >= 15 is 0 Å². The molecule has 0 bridgehead atoms. The van der Waals surface area contributed by atoms with Gasteiger partial charge in [-0.15, -0.1) is 0 Å². The van der Waals surface area contributed by atoms with E-state index in [-0.39, 0.29) is 0 Å². The zero-order valence-corrected chi connectivity index (χ0v) is 27.5. The molecule has 0 fully saturated rings. The van der Waals surface area contributed by atoms with Crippen molar-refractivity contribution >= 4 is 77.3 Å². The van der Waals surface area contributed by atoms with Crippen LogP contribution >= 0.6 is 0 Å². The summed E-state index contributed by atoms with van der Waals surface area (Å²) < 4.78 is 4.87. The molecule has 2 heterocycles. The first kappa shape index (κ1) is 28.4. The summed E-state index contributed by atoms with van der Waals surface area (Å²) in [4.78, 5) is 0. The van der Waals surface area contributed by atoms with Crippen LogP contribution in [0.4, 0.5) is 0 Å². The number of aromatic nitrogens is 2. The summed E-state index contributed by atoms with van der Waals surface area (Å²) >= 11 is 0. The van der Waals surface area contributed by atoms with Crippen LogP contribution < -0.4 is 0 Å². The molecule has 2 nitrogen and oxygen atoms in total. The molecule has 0 amide bonds. The third kappa shape index (κ3) is 3.90. The van der Waals surface area contributed by atoms with Gasteiger partial charge in [0.05, 0.1) is 22.1 Å². The van der Waals surface area contributed by atoms with Crippen LogP contribution in [-0.2, 0) is 0 Å². The first-order valence-electron chi connectivity index (χ1n) is 17.1. The normalized spacial score (nSPS) is 11.8. The maximum Gasteiger partial charge on any atom is 0.0548 e. The van der Waals surface area contributed by atoms with Crippen molar-refractivity contribution in [3.05, 3.63) is 182 Å². The molecule has 0 aliphatic carbocycles. The summed E-state index contributed by atoms with van der Waals surface area (Å²) in [6.45, 7) is 8.55. The minimum absolute atomic E-state index is 1.11. The van der Waals surface area contributed by atoms with E-state index in [9.17, 15) is 0 Å². The molecule has 0 aliphatic heterocycles. The van der Waals surface area contributed by atoms with Gasteiger partial charge in [-0.25, -0.2) is 0 Å². The molecular formula is C48H32N2. The van der Waals surface area contributed by atoms with E-state index in [1.54, 1.807) is 0 Å². The third-order valence-corrected chi connectivity index (χ3v) is 10.4. The van der Waals surface area contributed by atoms with Crippen LogP contribution in [0.1, 0.15) is 11.1 Å². The van der Waals surface area contributed by atoms with Gasteiger partial charge in [-0.3, -0.25) is 0 Å². The van der Waals surface area contributed by atoms with Crippen LogP contribution in [0.25, 0.3) is 99.8 Å². The molecule has 0 saturated heterocycles. The van der Waals surface area contributed by atoms with Gasteiger partial charge < -0.3 is 9.13 Å². The fourth-order valence-electron chi connectivity index (χ4n) is 8.42. The van der Waals surface area contributed by atoms with Gasteiger partial charge in [0.25, 0.3) is 0 Å². The van der Waals surface area contributed by atoms with Crippen LogP contribution in [0.2, 0.25) is 0 Å². The van der Waals surface area contributed by atoms with Gasteiger partial charge in [-0.1, -0.05) is 135 Å². The molecule has 0 N–H and O–H groups in total. The Morgan fingerprint density at radius 2 is 0.860 bits per heavy atom. The monoisotopic (exact) mass is 636 g/mol. The van der Waals surface area contributed by atoms with E-state index in [2.05, 4.69) is 180 Å². The fraction of sp³-hybridized carbons (Fsp3) is 0. The maximum absolute atomic E-state index is 4.31. The van der Waals surface area contributed by atoms with Crippen LogP contribution in [-0.4, -0.2) is 9.13 Å². The van der Waals surface area contributed by atoms with Gasteiger partial charge >= 0.3 is 0 Å². The second-order valence-electron chi connectivity index (χ2n) is 13.0. The predicted molar refractivity (Wildman–Crippen MR) is 216 cm³/mol. The molecule has 2 aromatic heterocycles. The summed E-state index contributed by atoms with van der Waals surface area (Å²) in [6.07, 6.45) is 3.98. The number of para-hydroxylation sites is 3. The molecule has 0 aliphatic rings. The minimum Gasteiger partial charge on any atom is -0.309 e. The average Bonchev–Trinajstić information content (AvgIpc) is 3.70. The molecular weight excluding hydrogens is 605 g/mol. The van der Waals surface area contributed by atoms with Crippen LogP contribution in [0, 0.1) is 0 Å². The standard InChI is InChI=1S/C48H32N2/c1-3-34-35(4-2)46-40(31-17-7-5-8-18-31)29-33(30-41(46)37-22-12-11-21-36(34)37)50-43-26-16-14-24-39(43)48-45(50)28-27-44-47(48)38-23-13-15-25-42(38)49(44)32-19-9-6-10-20-32/h3-30H,1-2H2. The predicted octanol–water partition coefficient (Wildman–Crippen LogP) is 13.1. The number of hydrogen-bond donors (Lipinski definition) is 0. The van der Waals surface area contributed by atoms with Crippen molar-refractivity contribution in [2.75, 3.05) is 0 Å². The number of fused-ring (bicyclic) bond motifs is 10. The Labute approximate surface area is 290 Å². The summed E-state index contributed by atoms with van der Waals surface area (Å²) in [5, 5.41) is 9.81. The van der Waals surface area contributed by atoms with E-state index in [1.165, 1.54) is 76.3 Å². The summed E-state index contributed by atoms with van der Waals surface area (Å²) in [6, 6.07) is 57.2. The Morgan fingerprint density at radius 3 is 1.46 bits per heavy atom. The maximum atomic E-state index is 4.31. The molecule has 0 radical (unpaired) electrons. The van der Waals surface area contributed by atoms with Crippen molar-refractivity contribution in [1.29, 1.82) is 0 Å². The molecule has 10 aromatic rings. The van der Waals surface area contributed by atoms with Gasteiger partial charge in [-0.05, 0) is 92.3 Å². The summed E-state index contributed by atoms with van der Waals surface area (Å²) in [5.41, 5.74) is 11.6. The van der Waals surface area contributed by atoms with Crippen molar-refractivity contribution in [3.8, 4) is 22.5 Å². The highest BCUT2D eigenvalue weighted by atomic mass is 15.0. The average molecular weight is 637 g/mol. The second kappa shape index (κ2) is 10.9. The molecule has 2 heteroatoms. The molecule has 0 saturated carbocycles. The molecule has 0 unspecified atom stereocenters. The van der Waals surface area contributed by atoms with Crippen molar-refractivity contribution in [1.82, 2.24) is 9.13 Å². The Bertz CT molecular complexity index is 2990. The highest BCUT2D eigenvalue weighted by Crippen LogP contribution is 2.45. The quantitative estimate of drug-likeness (QED) is 0.166. The lowest BCUT2D eigenvalue weighted by atomic mass is 9.86. The zero-order chi connectivity index (χ0) is 33.3. The van der Waals surface area contributed by atoms with E-state index in [1.807, 2.05) is 12.2 Å². The lowest BCUT2D eigenvalue weighted by molar-refractivity contribution is 1.17. The molecule has 50 heavy (non-hydrogen) atoms. The molecule has 234 valence electrons. The molecule has 0 spiro atoms. The van der Waals surface area contributed by atoms with Crippen LogP contribution in [0.3, 0.4) is 0 Å². The SMILES string of the molecule is C=Cc1c(C=C)c2c(-c3ccccc3)cc(-n3c4ccccc4c4c5c6ccccc6n(-c6ccccc6)c5ccc43)cc2c2ccccc12. The second-order valence-corrected chi connectivity index (χ2v) is 13.0. The van der Waals surface area contributed by atoms with Gasteiger partial charge in [0, 0.05) is 32.9 Å².